The molecule has 0 spiro atoms. The molecule has 0 fully saturated rings. The molecule has 0 atom stereocenters. The first-order valence-electron chi connectivity index (χ1n) is 14.0. The molecular formula is C40H74O4. The number of hydrogen-bond donors (Lipinski definition) is 0. The van der Waals surface area contributed by atoms with Crippen molar-refractivity contribution >= 4 is 11.9 Å². The number of hydrogen-bond acceptors (Lipinski definition) is 4. The molecule has 0 aliphatic carbocycles. The van der Waals surface area contributed by atoms with Crippen LogP contribution in [0.4, 0.5) is 0 Å². The zero-order chi connectivity index (χ0) is 38.2. The lowest BCUT2D eigenvalue weighted by atomic mass is 10.4. The lowest BCUT2D eigenvalue weighted by Crippen LogP contribution is -2.14. The number of ether oxygens (including phenoxy) is 2. The van der Waals surface area contributed by atoms with Crippen LogP contribution in [0.2, 0.25) is 0 Å². The summed E-state index contributed by atoms with van der Waals surface area (Å²) in [5.41, 5.74) is 0.632. The molecule has 0 aromatic rings. The van der Waals surface area contributed by atoms with Gasteiger partial charge in [0.25, 0.3) is 0 Å². The van der Waals surface area contributed by atoms with Crippen molar-refractivity contribution in [3.8, 4) is 0 Å². The van der Waals surface area contributed by atoms with Gasteiger partial charge in [0.2, 0.25) is 0 Å². The average molecular weight is 619 g/mol. The average Bonchev–Trinajstić information content (AvgIpc) is 2.91. The Bertz CT molecular complexity index is 535. The van der Waals surface area contributed by atoms with Crippen LogP contribution in [0.5, 0.6) is 0 Å². The molecule has 0 aliphatic rings. The van der Waals surface area contributed by atoms with Crippen molar-refractivity contribution in [1.82, 2.24) is 0 Å². The molecule has 44 heavy (non-hydrogen) atoms. The van der Waals surface area contributed by atoms with Gasteiger partial charge in [-0.3, -0.25) is 0 Å². The molecule has 0 saturated heterocycles. The van der Waals surface area contributed by atoms with E-state index in [0.717, 1.165) is 0 Å². The van der Waals surface area contributed by atoms with Gasteiger partial charge in [0.15, 0.2) is 0 Å². The molecule has 0 amide bonds. The molecule has 0 N–H and O–H groups in total. The highest BCUT2D eigenvalue weighted by molar-refractivity contribution is 5.87. The molecule has 0 bridgehead atoms. The van der Waals surface area contributed by atoms with Crippen molar-refractivity contribution in [2.24, 2.45) is 0 Å². The Kier molecular flexibility index (Phi) is 191. The third-order valence-corrected chi connectivity index (χ3v) is 1.25. The molecule has 4 nitrogen and oxygen atoms in total. The van der Waals surface area contributed by atoms with E-state index in [2.05, 4.69) is 88.4 Å². The van der Waals surface area contributed by atoms with Crippen LogP contribution in [0.1, 0.15) is 83.1 Å². The van der Waals surface area contributed by atoms with E-state index < -0.39 is 11.9 Å². The Morgan fingerprint density at radius 2 is 0.477 bits per heavy atom. The second-order valence-corrected chi connectivity index (χ2v) is 6.91. The summed E-state index contributed by atoms with van der Waals surface area (Å²) in [5, 5.41) is 0. The van der Waals surface area contributed by atoms with Gasteiger partial charge >= 0.3 is 11.9 Å². The van der Waals surface area contributed by atoms with Crippen LogP contribution in [0, 0.1) is 0 Å². The summed E-state index contributed by atoms with van der Waals surface area (Å²) < 4.78 is 9.38. The van der Waals surface area contributed by atoms with Crippen LogP contribution in [-0.4, -0.2) is 25.2 Å². The first kappa shape index (κ1) is 72.2. The Morgan fingerprint density at radius 1 is 0.386 bits per heavy atom. The van der Waals surface area contributed by atoms with E-state index >= 15 is 0 Å². The van der Waals surface area contributed by atoms with E-state index in [0.29, 0.717) is 11.1 Å². The molecule has 0 radical (unpaired) electrons. The highest BCUT2D eigenvalue weighted by Gasteiger charge is 2.05. The van der Waals surface area contributed by atoms with Crippen molar-refractivity contribution in [2.45, 2.75) is 83.1 Å². The molecule has 0 aromatic heterocycles. The highest BCUT2D eigenvalue weighted by atomic mass is 16.6. The Hall–Kier alpha value is -4.18. The number of carbonyl (C=O) groups is 2. The van der Waals surface area contributed by atoms with Crippen molar-refractivity contribution in [3.63, 3.8) is 0 Å². The van der Waals surface area contributed by atoms with E-state index in [1.165, 1.54) is 0 Å². The summed E-state index contributed by atoms with van der Waals surface area (Å²) in [5.74, 6) is -0.979. The monoisotopic (exact) mass is 619 g/mol. The molecule has 258 valence electrons. The quantitative estimate of drug-likeness (QED) is 0.133. The Balaban J connectivity index is -0.0000000338. The van der Waals surface area contributed by atoms with Crippen LogP contribution < -0.4 is 0 Å². The van der Waals surface area contributed by atoms with Crippen molar-refractivity contribution in [3.05, 3.63) is 151 Å². The van der Waals surface area contributed by atoms with E-state index in [9.17, 15) is 9.59 Å². The molecule has 0 aliphatic heterocycles. The van der Waals surface area contributed by atoms with Gasteiger partial charge in [-0.1, -0.05) is 73.9 Å². The molecule has 4 heteroatoms. The fraction of sp³-hybridized carbons (Fsp3) is 0.350. The zero-order valence-corrected chi connectivity index (χ0v) is 31.3. The third-order valence-electron chi connectivity index (χ3n) is 1.25. The summed E-state index contributed by atoms with van der Waals surface area (Å²) in [7, 11) is 0. The maximum absolute atomic E-state index is 10.8. The zero-order valence-electron chi connectivity index (χ0n) is 31.3. The van der Waals surface area contributed by atoms with Crippen LogP contribution >= 0.6 is 0 Å². The number of carbonyl (C=O) groups excluding carboxylic acids is 2. The second kappa shape index (κ2) is 117. The van der Waals surface area contributed by atoms with Crippen LogP contribution in [0.3, 0.4) is 0 Å². The summed E-state index contributed by atoms with van der Waals surface area (Å²) in [6.45, 7) is 62.5. The van der Waals surface area contributed by atoms with Crippen LogP contribution in [-0.2, 0) is 19.1 Å². The van der Waals surface area contributed by atoms with Gasteiger partial charge in [-0.05, 0) is 83.1 Å². The minimum Gasteiger partial charge on any atom is -0.459 e. The van der Waals surface area contributed by atoms with Crippen LogP contribution in [0.15, 0.2) is 151 Å². The SMILES string of the molecule is C=C(C)C(=O)OCCOC(=O)C(=C)C.C=CC.C=CC.C=CC.C=CC.C=CC.C=CC.C=CC.C=CC.C=CC.C=CC. The largest absolute Gasteiger partial charge is 0.459 e. The maximum Gasteiger partial charge on any atom is 0.333 e. The van der Waals surface area contributed by atoms with E-state index in [-0.39, 0.29) is 13.2 Å². The topological polar surface area (TPSA) is 52.6 Å². The first-order valence-corrected chi connectivity index (χ1v) is 14.0. The molecule has 0 unspecified atom stereocenters. The van der Waals surface area contributed by atoms with Gasteiger partial charge in [0.1, 0.15) is 13.2 Å². The van der Waals surface area contributed by atoms with E-state index in [1.807, 2.05) is 69.2 Å². The van der Waals surface area contributed by atoms with Crippen LogP contribution in [0.25, 0.3) is 0 Å². The van der Waals surface area contributed by atoms with Gasteiger partial charge in [0.05, 0.1) is 0 Å². The van der Waals surface area contributed by atoms with Crippen molar-refractivity contribution in [2.75, 3.05) is 13.2 Å². The van der Waals surface area contributed by atoms with Gasteiger partial charge < -0.3 is 9.47 Å². The Morgan fingerprint density at radius 3 is 0.545 bits per heavy atom. The van der Waals surface area contributed by atoms with Gasteiger partial charge in [-0.15, -0.1) is 65.8 Å². The van der Waals surface area contributed by atoms with E-state index in [1.54, 1.807) is 74.6 Å². The molecule has 0 aromatic carbocycles. The maximum atomic E-state index is 10.8. The molecular weight excluding hydrogens is 544 g/mol. The summed E-state index contributed by atoms with van der Waals surface area (Å²) in [6.07, 6.45) is 17.5. The smallest absolute Gasteiger partial charge is 0.333 e. The lowest BCUT2D eigenvalue weighted by molar-refractivity contribution is -0.147. The van der Waals surface area contributed by atoms with Gasteiger partial charge in [-0.25, -0.2) is 9.59 Å². The predicted octanol–water partition coefficient (Wildman–Crippen LogP) is 13.1. The number of allylic oxidation sites excluding steroid dienone is 10. The fourth-order valence-electron chi connectivity index (χ4n) is 0.515. The minimum atomic E-state index is -0.489. The van der Waals surface area contributed by atoms with Crippen molar-refractivity contribution in [1.29, 1.82) is 0 Å². The molecule has 0 saturated carbocycles. The molecule has 0 rings (SSSR count). The van der Waals surface area contributed by atoms with Gasteiger partial charge in [0, 0.05) is 11.1 Å². The minimum absolute atomic E-state index is 0.0325. The van der Waals surface area contributed by atoms with Gasteiger partial charge in [-0.2, -0.15) is 0 Å². The molecule has 0 heterocycles. The highest BCUT2D eigenvalue weighted by Crippen LogP contribution is 1.94. The summed E-state index contributed by atoms with van der Waals surface area (Å²) >= 11 is 0. The Labute approximate surface area is 277 Å². The third kappa shape index (κ3) is 438. The normalized spacial score (nSPS) is 5.82. The first-order chi connectivity index (χ1) is 20.6. The number of rotatable bonds is 5. The van der Waals surface area contributed by atoms with E-state index in [4.69, 9.17) is 0 Å². The summed E-state index contributed by atoms with van der Waals surface area (Å²) in [4.78, 5) is 21.7. The standard InChI is InChI=1S/C10H14O4.10C3H6/c1-7(2)9(11)13-5-6-14-10(12)8(3)4;10*1-3-2/h1,3,5-6H2,2,4H3;10*3H,1H2,2H3. The predicted molar refractivity (Wildman–Crippen MR) is 210 cm³/mol. The number of esters is 2. The second-order valence-electron chi connectivity index (χ2n) is 6.91. The lowest BCUT2D eigenvalue weighted by Gasteiger charge is -2.05. The summed E-state index contributed by atoms with van der Waals surface area (Å²) in [6, 6.07) is 0. The van der Waals surface area contributed by atoms with Crippen molar-refractivity contribution < 1.29 is 19.1 Å². The fourth-order valence-corrected chi connectivity index (χ4v) is 0.515.